The highest BCUT2D eigenvalue weighted by Crippen LogP contribution is 2.40. The standard InChI is InChI=1S/C27H30NO7P/c1-3-24(20-8-13-25-26(14-20)34-17-33-25)27(19-6-11-23(12-7-19)35-36(30)31)18-4-9-22(10-5-18)32-16-21(29)15-28-2/h4-14,21,28-31H,3,15-17H2,1-2H3. The number of rotatable bonds is 11. The van der Waals surface area contributed by atoms with Crippen LogP contribution in [0.1, 0.15) is 30.0 Å². The van der Waals surface area contributed by atoms with Gasteiger partial charge in [-0.05, 0) is 77.7 Å². The molecule has 4 rings (SSSR count). The Morgan fingerprint density at radius 1 is 0.917 bits per heavy atom. The highest BCUT2D eigenvalue weighted by Gasteiger charge is 2.18. The summed E-state index contributed by atoms with van der Waals surface area (Å²) in [5.74, 6) is 2.48. The first kappa shape index (κ1) is 25.9. The van der Waals surface area contributed by atoms with Crippen molar-refractivity contribution in [2.24, 2.45) is 0 Å². The first-order valence-corrected chi connectivity index (χ1v) is 12.8. The molecule has 0 spiro atoms. The topological polar surface area (TPSA) is 110 Å². The van der Waals surface area contributed by atoms with E-state index in [1.165, 1.54) is 0 Å². The minimum Gasteiger partial charge on any atom is -0.491 e. The van der Waals surface area contributed by atoms with Crippen LogP contribution in [0.3, 0.4) is 0 Å². The van der Waals surface area contributed by atoms with E-state index in [1.807, 2.05) is 54.6 Å². The molecule has 0 aliphatic carbocycles. The SMILES string of the molecule is CCC(=C(c1ccc(OCC(O)CNC)cc1)c1ccc(OP(O)O)cc1)c1ccc2c(c1)OCO2. The third kappa shape index (κ3) is 6.35. The van der Waals surface area contributed by atoms with Gasteiger partial charge in [0.15, 0.2) is 11.5 Å². The molecular formula is C27H30NO7P. The number of aliphatic hydroxyl groups is 1. The Morgan fingerprint density at radius 3 is 2.14 bits per heavy atom. The molecule has 0 fully saturated rings. The highest BCUT2D eigenvalue weighted by atomic mass is 31.2. The molecule has 0 aromatic heterocycles. The first-order chi connectivity index (χ1) is 17.5. The van der Waals surface area contributed by atoms with Crippen LogP contribution >= 0.6 is 8.60 Å². The van der Waals surface area contributed by atoms with E-state index >= 15 is 0 Å². The molecule has 1 unspecified atom stereocenters. The van der Waals surface area contributed by atoms with E-state index < -0.39 is 14.7 Å². The highest BCUT2D eigenvalue weighted by molar-refractivity contribution is 7.39. The van der Waals surface area contributed by atoms with Crippen LogP contribution in [0, 0.1) is 0 Å². The smallest absolute Gasteiger partial charge is 0.391 e. The number of fused-ring (bicyclic) bond motifs is 1. The van der Waals surface area contributed by atoms with E-state index in [2.05, 4.69) is 12.2 Å². The zero-order valence-electron chi connectivity index (χ0n) is 20.2. The average molecular weight is 512 g/mol. The van der Waals surface area contributed by atoms with E-state index in [4.69, 9.17) is 18.7 Å². The molecule has 1 atom stereocenters. The van der Waals surface area contributed by atoms with Gasteiger partial charge in [-0.15, -0.1) is 0 Å². The predicted molar refractivity (Wildman–Crippen MR) is 139 cm³/mol. The minimum atomic E-state index is -2.49. The summed E-state index contributed by atoms with van der Waals surface area (Å²) in [4.78, 5) is 18.4. The summed E-state index contributed by atoms with van der Waals surface area (Å²) >= 11 is 0. The fraction of sp³-hybridized carbons (Fsp3) is 0.259. The lowest BCUT2D eigenvalue weighted by Gasteiger charge is -2.18. The van der Waals surface area contributed by atoms with E-state index in [-0.39, 0.29) is 13.4 Å². The molecule has 0 saturated carbocycles. The number of allylic oxidation sites excluding steroid dienone is 1. The van der Waals surface area contributed by atoms with Gasteiger partial charge in [0.25, 0.3) is 0 Å². The zero-order valence-corrected chi connectivity index (χ0v) is 21.1. The molecule has 1 aliphatic rings. The van der Waals surface area contributed by atoms with E-state index in [1.54, 1.807) is 19.2 Å². The summed E-state index contributed by atoms with van der Waals surface area (Å²) in [6.07, 6.45) is 0.155. The van der Waals surface area contributed by atoms with Gasteiger partial charge in [0.2, 0.25) is 6.79 Å². The molecule has 0 bridgehead atoms. The Kier molecular flexibility index (Phi) is 8.80. The first-order valence-electron chi connectivity index (χ1n) is 11.6. The van der Waals surface area contributed by atoms with Crippen molar-refractivity contribution in [2.45, 2.75) is 19.4 Å². The second-order valence-electron chi connectivity index (χ2n) is 8.19. The molecule has 1 heterocycles. The number of likely N-dealkylation sites (N-methyl/N-ethyl adjacent to an activating group) is 1. The number of ether oxygens (including phenoxy) is 3. The van der Waals surface area contributed by atoms with Crippen molar-refractivity contribution in [1.82, 2.24) is 5.32 Å². The van der Waals surface area contributed by atoms with Gasteiger partial charge < -0.3 is 38.9 Å². The fourth-order valence-corrected chi connectivity index (χ4v) is 4.42. The number of hydrogen-bond acceptors (Lipinski definition) is 8. The summed E-state index contributed by atoms with van der Waals surface area (Å²) in [6, 6.07) is 20.9. The van der Waals surface area contributed by atoms with Crippen molar-refractivity contribution in [3.63, 3.8) is 0 Å². The molecule has 0 radical (unpaired) electrons. The molecular weight excluding hydrogens is 481 g/mol. The van der Waals surface area contributed by atoms with Crippen molar-refractivity contribution >= 4 is 19.7 Å². The summed E-state index contributed by atoms with van der Waals surface area (Å²) in [5.41, 5.74) is 5.05. The predicted octanol–water partition coefficient (Wildman–Crippen LogP) is 4.33. The maximum absolute atomic E-state index is 9.92. The van der Waals surface area contributed by atoms with E-state index in [0.29, 0.717) is 23.8 Å². The van der Waals surface area contributed by atoms with Crippen LogP contribution in [-0.4, -0.2) is 48.0 Å². The summed E-state index contributed by atoms with van der Waals surface area (Å²) in [5, 5.41) is 12.8. The van der Waals surface area contributed by atoms with Gasteiger partial charge in [0.05, 0.1) is 0 Å². The van der Waals surface area contributed by atoms with E-state index in [0.717, 1.165) is 40.0 Å². The van der Waals surface area contributed by atoms with Crippen LogP contribution in [0.15, 0.2) is 66.7 Å². The quantitative estimate of drug-likeness (QED) is 0.223. The Morgan fingerprint density at radius 2 is 1.53 bits per heavy atom. The van der Waals surface area contributed by atoms with E-state index in [9.17, 15) is 14.9 Å². The van der Waals surface area contributed by atoms with Crippen LogP contribution < -0.4 is 24.1 Å². The number of aliphatic hydroxyl groups excluding tert-OH is 1. The lowest BCUT2D eigenvalue weighted by molar-refractivity contribution is 0.108. The second-order valence-corrected chi connectivity index (χ2v) is 8.88. The molecule has 36 heavy (non-hydrogen) atoms. The monoisotopic (exact) mass is 511 g/mol. The Bertz CT molecular complexity index is 1180. The van der Waals surface area contributed by atoms with Gasteiger partial charge in [-0.25, -0.2) is 0 Å². The van der Waals surface area contributed by atoms with Gasteiger partial charge in [-0.2, -0.15) is 0 Å². The summed E-state index contributed by atoms with van der Waals surface area (Å²) in [6.45, 7) is 2.96. The Hall–Kier alpha value is -3.13. The lowest BCUT2D eigenvalue weighted by Crippen LogP contribution is -2.29. The number of benzene rings is 3. The molecule has 190 valence electrons. The zero-order chi connectivity index (χ0) is 25.5. The van der Waals surface area contributed by atoms with Crippen LogP contribution in [0.4, 0.5) is 0 Å². The summed E-state index contributed by atoms with van der Waals surface area (Å²) < 4.78 is 21.9. The Balaban J connectivity index is 1.73. The molecule has 1 aliphatic heterocycles. The fourth-order valence-electron chi connectivity index (χ4n) is 4.11. The number of hydrogen-bond donors (Lipinski definition) is 4. The van der Waals surface area contributed by atoms with Gasteiger partial charge in [-0.1, -0.05) is 37.3 Å². The average Bonchev–Trinajstić information content (AvgIpc) is 3.35. The second kappa shape index (κ2) is 12.2. The van der Waals surface area contributed by atoms with Crippen LogP contribution in [-0.2, 0) is 0 Å². The van der Waals surface area contributed by atoms with Crippen molar-refractivity contribution in [3.8, 4) is 23.0 Å². The van der Waals surface area contributed by atoms with Crippen LogP contribution in [0.5, 0.6) is 23.0 Å². The van der Waals surface area contributed by atoms with Gasteiger partial charge in [0, 0.05) is 6.54 Å². The van der Waals surface area contributed by atoms with Crippen molar-refractivity contribution in [2.75, 3.05) is 27.0 Å². The van der Waals surface area contributed by atoms with Gasteiger partial charge in [0.1, 0.15) is 24.2 Å². The number of nitrogens with one attached hydrogen (secondary N) is 1. The molecule has 4 N–H and O–H groups in total. The molecule has 9 heteroatoms. The minimum absolute atomic E-state index is 0.194. The molecule has 3 aromatic carbocycles. The normalized spacial score (nSPS) is 13.9. The summed E-state index contributed by atoms with van der Waals surface area (Å²) in [7, 11) is -0.708. The maximum atomic E-state index is 9.92. The third-order valence-electron chi connectivity index (χ3n) is 5.73. The van der Waals surface area contributed by atoms with Crippen molar-refractivity contribution < 1.29 is 33.6 Å². The van der Waals surface area contributed by atoms with Crippen molar-refractivity contribution in [1.29, 1.82) is 0 Å². The molecule has 0 amide bonds. The van der Waals surface area contributed by atoms with Crippen LogP contribution in [0.2, 0.25) is 0 Å². The van der Waals surface area contributed by atoms with Gasteiger partial charge in [-0.3, -0.25) is 0 Å². The molecule has 0 saturated heterocycles. The van der Waals surface area contributed by atoms with Crippen LogP contribution in [0.25, 0.3) is 11.1 Å². The molecule has 3 aromatic rings. The van der Waals surface area contributed by atoms with Gasteiger partial charge >= 0.3 is 8.60 Å². The Labute approximate surface area is 211 Å². The van der Waals surface area contributed by atoms with Crippen molar-refractivity contribution in [3.05, 3.63) is 83.4 Å². The maximum Gasteiger partial charge on any atom is 0.391 e. The third-order valence-corrected chi connectivity index (χ3v) is 6.11. The largest absolute Gasteiger partial charge is 0.491 e. The lowest BCUT2D eigenvalue weighted by atomic mass is 9.88. The molecule has 8 nitrogen and oxygen atoms in total.